The van der Waals surface area contributed by atoms with E-state index < -0.39 is 0 Å². The first-order valence-corrected chi connectivity index (χ1v) is 20.6. The first-order chi connectivity index (χ1) is 26.8. The van der Waals surface area contributed by atoms with Crippen LogP contribution in [0.5, 0.6) is 0 Å². The molecular weight excluding hydrogens is 791 g/mol. The second kappa shape index (κ2) is 24.1. The van der Waals surface area contributed by atoms with Gasteiger partial charge < -0.3 is 15.3 Å². The molecule has 0 radical (unpaired) electrons. The second-order valence-corrected chi connectivity index (χ2v) is 14.9. The molecule has 0 aliphatic carbocycles. The summed E-state index contributed by atoms with van der Waals surface area (Å²) in [6.07, 6.45) is 9.37. The minimum Gasteiger partial charge on any atom is -0.396 e. The minimum atomic E-state index is 0.319. The number of halogens is 1. The summed E-state index contributed by atoms with van der Waals surface area (Å²) in [4.78, 5) is 21.5. The maximum atomic E-state index is 8.40. The summed E-state index contributed by atoms with van der Waals surface area (Å²) in [6, 6.07) is 42.0. The van der Waals surface area contributed by atoms with Gasteiger partial charge in [0.05, 0.1) is 35.2 Å². The molecule has 8 heteroatoms. The Morgan fingerprint density at radius 1 is 0.582 bits per heavy atom. The summed E-state index contributed by atoms with van der Waals surface area (Å²) in [6.45, 7) is 13.3. The van der Waals surface area contributed by atoms with Gasteiger partial charge in [-0.1, -0.05) is 155 Å². The fourth-order valence-corrected chi connectivity index (χ4v) is 6.27. The maximum absolute atomic E-state index is 8.40. The molecule has 0 fully saturated rings. The van der Waals surface area contributed by atoms with Crippen LogP contribution in [0.1, 0.15) is 66.7 Å². The molecule has 0 bridgehead atoms. The Morgan fingerprint density at radius 3 is 1.47 bits per heavy atom. The van der Waals surface area contributed by atoms with Crippen LogP contribution < -0.4 is 10.2 Å². The van der Waals surface area contributed by atoms with Crippen LogP contribution in [0.25, 0.3) is 45.0 Å². The summed E-state index contributed by atoms with van der Waals surface area (Å²) in [7, 11) is 0. The van der Waals surface area contributed by atoms with Gasteiger partial charge in [0.25, 0.3) is 0 Å². The number of aromatic nitrogens is 4. The van der Waals surface area contributed by atoms with E-state index in [4.69, 9.17) is 15.1 Å². The number of hydrogen-bond donors (Lipinski definition) is 2. The quantitative estimate of drug-likeness (QED) is 0.0786. The number of nitrogens with zero attached hydrogens (tertiary/aromatic N) is 5. The molecule has 0 aliphatic rings. The van der Waals surface area contributed by atoms with Crippen molar-refractivity contribution in [2.24, 2.45) is 0 Å². The van der Waals surface area contributed by atoms with Crippen molar-refractivity contribution in [3.63, 3.8) is 0 Å². The van der Waals surface area contributed by atoms with Crippen molar-refractivity contribution in [1.82, 2.24) is 25.3 Å². The van der Waals surface area contributed by atoms with Gasteiger partial charge >= 0.3 is 0 Å². The zero-order chi connectivity index (χ0) is 39.3. The Labute approximate surface area is 342 Å². The zero-order valence-electron chi connectivity index (χ0n) is 33.1. The SMILES string of the molecule is CC(C)NCCCCO.CCCCCN(c1cnc(-c2ccccc2)c(-c2ccccc2)n1)C(C)C.Ic1cnc(-c2ccccc2)c(-c2ccccc2)n1. The van der Waals surface area contributed by atoms with Gasteiger partial charge in [-0.3, -0.25) is 9.97 Å². The lowest BCUT2D eigenvalue weighted by Gasteiger charge is -2.28. The molecule has 4 aromatic carbocycles. The highest BCUT2D eigenvalue weighted by Gasteiger charge is 2.17. The summed E-state index contributed by atoms with van der Waals surface area (Å²) in [5.74, 6) is 0.958. The Bertz CT molecular complexity index is 1930. The van der Waals surface area contributed by atoms with E-state index in [1.54, 1.807) is 6.20 Å². The fourth-order valence-electron chi connectivity index (χ4n) is 5.89. The molecule has 0 spiro atoms. The van der Waals surface area contributed by atoms with Gasteiger partial charge in [-0.05, 0) is 62.2 Å². The van der Waals surface area contributed by atoms with Gasteiger partial charge in [0.2, 0.25) is 0 Å². The monoisotopic (exact) mass is 848 g/mol. The molecule has 0 saturated heterocycles. The van der Waals surface area contributed by atoms with Gasteiger partial charge in [0, 0.05) is 47.5 Å². The number of nitrogens with one attached hydrogen (secondary N) is 1. The molecule has 0 unspecified atom stereocenters. The molecule has 288 valence electrons. The first-order valence-electron chi connectivity index (χ1n) is 19.5. The summed E-state index contributed by atoms with van der Waals surface area (Å²) in [5, 5.41) is 11.7. The third-order valence-corrected chi connectivity index (χ3v) is 9.27. The third kappa shape index (κ3) is 14.3. The molecule has 0 saturated carbocycles. The van der Waals surface area contributed by atoms with Crippen molar-refractivity contribution >= 4 is 28.4 Å². The molecular formula is C47H57IN6O. The highest BCUT2D eigenvalue weighted by Crippen LogP contribution is 2.31. The molecule has 0 aliphatic heterocycles. The van der Waals surface area contributed by atoms with E-state index >= 15 is 0 Å². The maximum Gasteiger partial charge on any atom is 0.148 e. The van der Waals surface area contributed by atoms with Crippen molar-refractivity contribution < 1.29 is 5.11 Å². The second-order valence-electron chi connectivity index (χ2n) is 13.8. The topological polar surface area (TPSA) is 87.1 Å². The predicted octanol–water partition coefficient (Wildman–Crippen LogP) is 11.4. The Balaban J connectivity index is 0.000000208. The van der Waals surface area contributed by atoms with E-state index in [1.165, 1.54) is 19.3 Å². The lowest BCUT2D eigenvalue weighted by Crippen LogP contribution is -2.32. The molecule has 2 aromatic heterocycles. The Morgan fingerprint density at radius 2 is 1.04 bits per heavy atom. The fraction of sp³-hybridized carbons (Fsp3) is 0.319. The first kappa shape index (κ1) is 43.2. The van der Waals surface area contributed by atoms with Gasteiger partial charge in [-0.15, -0.1) is 0 Å². The predicted molar refractivity (Wildman–Crippen MR) is 240 cm³/mol. The minimum absolute atomic E-state index is 0.319. The van der Waals surface area contributed by atoms with Crippen LogP contribution in [0.3, 0.4) is 0 Å². The van der Waals surface area contributed by atoms with Crippen LogP contribution in [-0.2, 0) is 0 Å². The number of unbranched alkanes of at least 4 members (excludes halogenated alkanes) is 3. The molecule has 6 rings (SSSR count). The largest absolute Gasteiger partial charge is 0.396 e. The molecule has 7 nitrogen and oxygen atoms in total. The van der Waals surface area contributed by atoms with Crippen molar-refractivity contribution in [3.05, 3.63) is 137 Å². The number of rotatable bonds is 15. The van der Waals surface area contributed by atoms with Gasteiger partial charge in [0.15, 0.2) is 0 Å². The molecule has 0 atom stereocenters. The van der Waals surface area contributed by atoms with Crippen LogP contribution in [0.4, 0.5) is 5.82 Å². The number of aliphatic hydroxyl groups is 1. The lowest BCUT2D eigenvalue weighted by atomic mass is 10.0. The van der Waals surface area contributed by atoms with Crippen LogP contribution in [-0.4, -0.2) is 56.8 Å². The number of benzene rings is 4. The normalized spacial score (nSPS) is 10.7. The molecule has 2 heterocycles. The van der Waals surface area contributed by atoms with Gasteiger partial charge in [-0.2, -0.15) is 0 Å². The summed E-state index contributed by atoms with van der Waals surface area (Å²) in [5.41, 5.74) is 8.10. The Kier molecular flexibility index (Phi) is 18.9. The molecule has 2 N–H and O–H groups in total. The van der Waals surface area contributed by atoms with E-state index in [0.29, 0.717) is 18.7 Å². The van der Waals surface area contributed by atoms with Gasteiger partial charge in [0.1, 0.15) is 9.52 Å². The van der Waals surface area contributed by atoms with Crippen molar-refractivity contribution in [1.29, 1.82) is 0 Å². The van der Waals surface area contributed by atoms with Gasteiger partial charge in [-0.25, -0.2) is 9.97 Å². The van der Waals surface area contributed by atoms with E-state index in [2.05, 4.69) is 138 Å². The molecule has 6 aromatic rings. The zero-order valence-corrected chi connectivity index (χ0v) is 35.2. The van der Waals surface area contributed by atoms with E-state index in [-0.39, 0.29) is 0 Å². The van der Waals surface area contributed by atoms with Crippen LogP contribution in [0, 0.1) is 3.70 Å². The summed E-state index contributed by atoms with van der Waals surface area (Å²) < 4.78 is 0.899. The average molecular weight is 849 g/mol. The highest BCUT2D eigenvalue weighted by atomic mass is 127. The van der Waals surface area contributed by atoms with Crippen molar-refractivity contribution in [2.45, 2.75) is 78.8 Å². The van der Waals surface area contributed by atoms with Crippen molar-refractivity contribution in [3.8, 4) is 45.0 Å². The third-order valence-electron chi connectivity index (χ3n) is 8.75. The van der Waals surface area contributed by atoms with Crippen molar-refractivity contribution in [2.75, 3.05) is 24.6 Å². The number of anilines is 1. The van der Waals surface area contributed by atoms with E-state index in [9.17, 15) is 0 Å². The Hall–Kier alpha value is -4.51. The number of aliphatic hydroxyl groups excluding tert-OH is 1. The smallest absolute Gasteiger partial charge is 0.148 e. The standard InChI is InChI=1S/C24H29N3.C16H11IN2.C7H17NO/c1-4-5-12-17-27(19(2)3)22-18-25-23(20-13-8-6-9-14-20)24(26-22)21-15-10-7-11-16-21;17-14-11-18-15(12-7-3-1-4-8-12)16(19-14)13-9-5-2-6-10-13;1-7(2)8-5-3-4-6-9/h6-11,13-16,18-19H,4-5,12,17H2,1-3H3;1-11H;7-9H,3-6H2,1-2H3. The van der Waals surface area contributed by atoms with E-state index in [1.807, 2.05) is 66.9 Å². The average Bonchev–Trinajstić information content (AvgIpc) is 3.22. The van der Waals surface area contributed by atoms with Crippen LogP contribution in [0.2, 0.25) is 0 Å². The van der Waals surface area contributed by atoms with E-state index in [0.717, 1.165) is 80.5 Å². The number of hydrogen-bond acceptors (Lipinski definition) is 7. The highest BCUT2D eigenvalue weighted by molar-refractivity contribution is 14.1. The molecule has 0 amide bonds. The lowest BCUT2D eigenvalue weighted by molar-refractivity contribution is 0.283. The molecule has 55 heavy (non-hydrogen) atoms. The van der Waals surface area contributed by atoms with Crippen LogP contribution in [0.15, 0.2) is 134 Å². The van der Waals surface area contributed by atoms with Crippen LogP contribution >= 0.6 is 22.6 Å². The summed E-state index contributed by atoms with van der Waals surface area (Å²) >= 11 is 2.19.